The van der Waals surface area contributed by atoms with Gasteiger partial charge in [-0.25, -0.2) is 13.2 Å². The Bertz CT molecular complexity index is 772. The van der Waals surface area contributed by atoms with Gasteiger partial charge in [-0.3, -0.25) is 4.72 Å². The van der Waals surface area contributed by atoms with Crippen LogP contribution >= 0.6 is 38.9 Å². The summed E-state index contributed by atoms with van der Waals surface area (Å²) in [5.74, 6) is -1.25. The SMILES string of the molecule is O=C(O)c1ccc(Cl)cc1NS(=O)(=O)c1sccc1Br. The minimum atomic E-state index is -3.87. The molecule has 2 aromatic rings. The topological polar surface area (TPSA) is 83.5 Å². The summed E-state index contributed by atoms with van der Waals surface area (Å²) in [5, 5.41) is 10.9. The Balaban J connectivity index is 2.47. The van der Waals surface area contributed by atoms with Crippen LogP contribution in [0.4, 0.5) is 5.69 Å². The zero-order valence-corrected chi connectivity index (χ0v) is 13.6. The second-order valence-corrected chi connectivity index (χ2v) is 7.74. The molecule has 1 heterocycles. The summed E-state index contributed by atoms with van der Waals surface area (Å²) in [6.07, 6.45) is 0. The van der Waals surface area contributed by atoms with Gasteiger partial charge >= 0.3 is 5.97 Å². The molecule has 0 amide bonds. The van der Waals surface area contributed by atoms with Gasteiger partial charge in [-0.2, -0.15) is 0 Å². The molecule has 2 N–H and O–H groups in total. The van der Waals surface area contributed by atoms with Gasteiger partial charge in [0.1, 0.15) is 0 Å². The molecule has 1 aromatic heterocycles. The predicted octanol–water partition coefficient (Wildman–Crippen LogP) is 3.66. The first kappa shape index (κ1) is 15.3. The highest BCUT2D eigenvalue weighted by atomic mass is 79.9. The summed E-state index contributed by atoms with van der Waals surface area (Å²) in [6, 6.07) is 5.47. The van der Waals surface area contributed by atoms with Crippen LogP contribution in [0.1, 0.15) is 10.4 Å². The summed E-state index contributed by atoms with van der Waals surface area (Å²) >= 11 is 9.91. The monoisotopic (exact) mass is 395 g/mol. The number of sulfonamides is 1. The third-order valence-electron chi connectivity index (χ3n) is 2.28. The molecule has 0 aliphatic rings. The number of halogens is 2. The number of carbonyl (C=O) groups is 1. The van der Waals surface area contributed by atoms with E-state index in [0.717, 1.165) is 11.3 Å². The number of anilines is 1. The van der Waals surface area contributed by atoms with Crippen LogP contribution in [0.5, 0.6) is 0 Å². The van der Waals surface area contributed by atoms with Crippen LogP contribution in [0.15, 0.2) is 38.3 Å². The summed E-state index contributed by atoms with van der Waals surface area (Å²) in [7, 11) is -3.87. The molecule has 0 bridgehead atoms. The lowest BCUT2D eigenvalue weighted by molar-refractivity contribution is 0.0698. The number of benzene rings is 1. The van der Waals surface area contributed by atoms with E-state index in [1.54, 1.807) is 11.4 Å². The largest absolute Gasteiger partial charge is 0.478 e. The van der Waals surface area contributed by atoms with E-state index >= 15 is 0 Å². The Kier molecular flexibility index (Phi) is 4.38. The lowest BCUT2D eigenvalue weighted by Gasteiger charge is -2.10. The van der Waals surface area contributed by atoms with Crippen molar-refractivity contribution in [1.82, 2.24) is 0 Å². The number of hydrogen-bond acceptors (Lipinski definition) is 4. The highest BCUT2D eigenvalue weighted by molar-refractivity contribution is 9.10. The van der Waals surface area contributed by atoms with Crippen molar-refractivity contribution in [3.05, 3.63) is 44.7 Å². The summed E-state index contributed by atoms with van der Waals surface area (Å²) in [4.78, 5) is 11.1. The molecule has 5 nitrogen and oxygen atoms in total. The van der Waals surface area contributed by atoms with Crippen molar-refractivity contribution in [3.8, 4) is 0 Å². The van der Waals surface area contributed by atoms with Gasteiger partial charge < -0.3 is 5.11 Å². The maximum Gasteiger partial charge on any atom is 0.337 e. The Morgan fingerprint density at radius 2 is 2.05 bits per heavy atom. The van der Waals surface area contributed by atoms with Crippen LogP contribution in [0.3, 0.4) is 0 Å². The minimum absolute atomic E-state index is 0.0637. The molecule has 2 rings (SSSR count). The first-order chi connectivity index (χ1) is 9.31. The van der Waals surface area contributed by atoms with E-state index in [4.69, 9.17) is 16.7 Å². The molecule has 0 aliphatic heterocycles. The molecule has 0 saturated carbocycles. The van der Waals surface area contributed by atoms with Gasteiger partial charge in [-0.1, -0.05) is 11.6 Å². The fourth-order valence-electron chi connectivity index (χ4n) is 1.45. The molecule has 0 radical (unpaired) electrons. The second kappa shape index (κ2) is 5.72. The number of hydrogen-bond donors (Lipinski definition) is 2. The number of rotatable bonds is 4. The van der Waals surface area contributed by atoms with E-state index in [0.29, 0.717) is 4.47 Å². The smallest absolute Gasteiger partial charge is 0.337 e. The molecule has 0 spiro atoms. The van der Waals surface area contributed by atoms with Gasteiger partial charge in [0.15, 0.2) is 4.21 Å². The van der Waals surface area contributed by atoms with Crippen molar-refractivity contribution in [2.24, 2.45) is 0 Å². The van der Waals surface area contributed by atoms with E-state index in [9.17, 15) is 13.2 Å². The van der Waals surface area contributed by atoms with Crippen LogP contribution in [0.25, 0.3) is 0 Å². The number of carboxylic acids is 1. The average Bonchev–Trinajstić information content (AvgIpc) is 2.75. The van der Waals surface area contributed by atoms with Crippen LogP contribution in [0.2, 0.25) is 5.02 Å². The average molecular weight is 397 g/mol. The lowest BCUT2D eigenvalue weighted by atomic mass is 10.2. The Morgan fingerprint density at radius 3 is 2.60 bits per heavy atom. The van der Waals surface area contributed by atoms with Gasteiger partial charge in [0.05, 0.1) is 11.3 Å². The fraction of sp³-hybridized carbons (Fsp3) is 0. The lowest BCUT2D eigenvalue weighted by Crippen LogP contribution is -2.14. The molecule has 0 fully saturated rings. The molecule has 9 heteroatoms. The third kappa shape index (κ3) is 3.14. The number of thiophene rings is 1. The predicted molar refractivity (Wildman–Crippen MR) is 81.2 cm³/mol. The fourth-order valence-corrected chi connectivity index (χ4v) is 5.03. The van der Waals surface area contributed by atoms with Crippen molar-refractivity contribution in [3.63, 3.8) is 0 Å². The quantitative estimate of drug-likeness (QED) is 0.826. The summed E-state index contributed by atoms with van der Waals surface area (Å²) in [5.41, 5.74) is -0.254. The van der Waals surface area contributed by atoms with Crippen LogP contribution in [-0.2, 0) is 10.0 Å². The minimum Gasteiger partial charge on any atom is -0.478 e. The molecule has 0 aliphatic carbocycles. The van der Waals surface area contributed by atoms with E-state index < -0.39 is 16.0 Å². The zero-order valence-electron chi connectivity index (χ0n) is 9.63. The van der Waals surface area contributed by atoms with E-state index in [-0.39, 0.29) is 20.5 Å². The van der Waals surface area contributed by atoms with Crippen molar-refractivity contribution in [2.45, 2.75) is 4.21 Å². The van der Waals surface area contributed by atoms with Crippen molar-refractivity contribution in [1.29, 1.82) is 0 Å². The normalized spacial score (nSPS) is 11.3. The second-order valence-electron chi connectivity index (χ2n) is 3.66. The van der Waals surface area contributed by atoms with Crippen molar-refractivity contribution >= 4 is 60.5 Å². The van der Waals surface area contributed by atoms with Gasteiger partial charge in [-0.15, -0.1) is 11.3 Å². The Hall–Kier alpha value is -1.09. The first-order valence-corrected chi connectivity index (χ1v) is 8.63. The number of nitrogens with one attached hydrogen (secondary N) is 1. The molecule has 0 unspecified atom stereocenters. The maximum atomic E-state index is 12.2. The highest BCUT2D eigenvalue weighted by Crippen LogP contribution is 2.31. The van der Waals surface area contributed by atoms with Crippen molar-refractivity contribution in [2.75, 3.05) is 4.72 Å². The first-order valence-electron chi connectivity index (χ1n) is 5.10. The Labute approximate surface area is 132 Å². The molecule has 20 heavy (non-hydrogen) atoms. The zero-order chi connectivity index (χ0) is 14.9. The molecule has 1 aromatic carbocycles. The summed E-state index contributed by atoms with van der Waals surface area (Å²) in [6.45, 7) is 0. The molecule has 0 atom stereocenters. The number of aromatic carboxylic acids is 1. The van der Waals surface area contributed by atoms with Gasteiger partial charge in [0, 0.05) is 9.50 Å². The standard InChI is InChI=1S/C11H7BrClNO4S2/c12-8-3-4-19-11(8)20(17,18)14-9-5-6(13)1-2-7(9)10(15)16/h1-5,14H,(H,15,16). The van der Waals surface area contributed by atoms with E-state index in [2.05, 4.69) is 20.7 Å². The van der Waals surface area contributed by atoms with Crippen LogP contribution < -0.4 is 4.72 Å². The maximum absolute atomic E-state index is 12.2. The van der Waals surface area contributed by atoms with Gasteiger partial charge in [-0.05, 0) is 45.6 Å². The molecular weight excluding hydrogens is 390 g/mol. The van der Waals surface area contributed by atoms with Gasteiger partial charge in [0.2, 0.25) is 0 Å². The highest BCUT2D eigenvalue weighted by Gasteiger charge is 2.22. The van der Waals surface area contributed by atoms with Crippen LogP contribution in [-0.4, -0.2) is 19.5 Å². The molecule has 106 valence electrons. The Morgan fingerprint density at radius 1 is 1.35 bits per heavy atom. The van der Waals surface area contributed by atoms with Crippen molar-refractivity contribution < 1.29 is 18.3 Å². The molecular formula is C11H7BrClNO4S2. The number of carboxylic acid groups (broad SMARTS) is 1. The van der Waals surface area contributed by atoms with E-state index in [1.165, 1.54) is 18.2 Å². The van der Waals surface area contributed by atoms with Gasteiger partial charge in [0.25, 0.3) is 10.0 Å². The van der Waals surface area contributed by atoms with Crippen LogP contribution in [0, 0.1) is 0 Å². The summed E-state index contributed by atoms with van der Waals surface area (Å²) < 4.78 is 27.1. The third-order valence-corrected chi connectivity index (χ3v) is 6.56. The van der Waals surface area contributed by atoms with E-state index in [1.807, 2.05) is 0 Å². The molecule has 0 saturated heterocycles.